The minimum Gasteiger partial charge on any atom is -0.350 e. The number of amides is 1. The summed E-state index contributed by atoms with van der Waals surface area (Å²) in [6, 6.07) is 22.4. The van der Waals surface area contributed by atoms with E-state index in [1.165, 1.54) is 9.87 Å². The van der Waals surface area contributed by atoms with E-state index in [2.05, 4.69) is 17.4 Å². The number of hydrogen-bond acceptors (Lipinski definition) is 3. The van der Waals surface area contributed by atoms with Crippen LogP contribution in [0.15, 0.2) is 77.7 Å². The van der Waals surface area contributed by atoms with Crippen LogP contribution in [-0.4, -0.2) is 26.9 Å². The molecule has 0 radical (unpaired) electrons. The second-order valence-electron chi connectivity index (χ2n) is 8.38. The van der Waals surface area contributed by atoms with Crippen LogP contribution < -0.4 is 9.62 Å². The van der Waals surface area contributed by atoms with Gasteiger partial charge in [-0.05, 0) is 74.6 Å². The number of fused-ring (bicyclic) bond motifs is 1. The van der Waals surface area contributed by atoms with Gasteiger partial charge in [0.2, 0.25) is 0 Å². The Balaban J connectivity index is 1.44. The minimum atomic E-state index is -3.62. The van der Waals surface area contributed by atoms with E-state index in [0.717, 1.165) is 24.0 Å². The van der Waals surface area contributed by atoms with Gasteiger partial charge in [-0.1, -0.05) is 48.0 Å². The molecule has 1 aliphatic rings. The van der Waals surface area contributed by atoms with Crippen LogP contribution in [0.25, 0.3) is 0 Å². The third-order valence-electron chi connectivity index (χ3n) is 5.89. The van der Waals surface area contributed by atoms with Gasteiger partial charge in [-0.2, -0.15) is 0 Å². The van der Waals surface area contributed by atoms with Gasteiger partial charge in [-0.15, -0.1) is 0 Å². The van der Waals surface area contributed by atoms with Crippen LogP contribution in [0, 0.1) is 6.92 Å². The molecule has 0 saturated carbocycles. The molecule has 166 valence electrons. The fraction of sp³-hybridized carbons (Fsp3) is 0.269. The monoisotopic (exact) mass is 448 g/mol. The molecule has 1 aliphatic heterocycles. The van der Waals surface area contributed by atoms with E-state index in [1.807, 2.05) is 38.1 Å². The Labute approximate surface area is 190 Å². The summed E-state index contributed by atoms with van der Waals surface area (Å²) in [5, 5.41) is 3.06. The highest BCUT2D eigenvalue weighted by molar-refractivity contribution is 7.92. The fourth-order valence-corrected chi connectivity index (χ4v) is 5.51. The highest BCUT2D eigenvalue weighted by Crippen LogP contribution is 2.33. The zero-order valence-electron chi connectivity index (χ0n) is 18.4. The van der Waals surface area contributed by atoms with Crippen LogP contribution in [0.3, 0.4) is 0 Å². The Hall–Kier alpha value is -3.12. The van der Waals surface area contributed by atoms with E-state index in [0.29, 0.717) is 24.2 Å². The lowest BCUT2D eigenvalue weighted by atomic mass is 10.0. The molecule has 3 aromatic rings. The molecule has 0 bridgehead atoms. The third kappa shape index (κ3) is 4.70. The summed E-state index contributed by atoms with van der Waals surface area (Å²) < 4.78 is 27.7. The molecule has 0 saturated heterocycles. The number of hydrogen-bond donors (Lipinski definition) is 1. The number of sulfonamides is 1. The van der Waals surface area contributed by atoms with Crippen molar-refractivity contribution in [1.82, 2.24) is 5.32 Å². The van der Waals surface area contributed by atoms with Crippen molar-refractivity contribution in [1.29, 1.82) is 0 Å². The van der Waals surface area contributed by atoms with Crippen molar-refractivity contribution in [3.63, 3.8) is 0 Å². The maximum Gasteiger partial charge on any atom is 0.264 e. The van der Waals surface area contributed by atoms with Crippen molar-refractivity contribution in [2.24, 2.45) is 0 Å². The quantitative estimate of drug-likeness (QED) is 0.579. The maximum atomic E-state index is 13.1. The summed E-state index contributed by atoms with van der Waals surface area (Å²) in [5.41, 5.74) is 4.36. The molecular weight excluding hydrogens is 420 g/mol. The van der Waals surface area contributed by atoms with Gasteiger partial charge in [-0.3, -0.25) is 9.10 Å². The largest absolute Gasteiger partial charge is 0.350 e. The number of carbonyl (C=O) groups excluding carboxylic acids is 1. The first kappa shape index (κ1) is 22.1. The predicted molar refractivity (Wildman–Crippen MR) is 128 cm³/mol. The average molecular weight is 449 g/mol. The van der Waals surface area contributed by atoms with Gasteiger partial charge >= 0.3 is 0 Å². The topological polar surface area (TPSA) is 66.5 Å². The Kier molecular flexibility index (Phi) is 6.33. The Morgan fingerprint density at radius 2 is 1.75 bits per heavy atom. The van der Waals surface area contributed by atoms with E-state index in [1.54, 1.807) is 36.4 Å². The maximum absolute atomic E-state index is 13.1. The Morgan fingerprint density at radius 3 is 2.47 bits per heavy atom. The zero-order valence-corrected chi connectivity index (χ0v) is 19.2. The molecule has 6 heteroatoms. The summed E-state index contributed by atoms with van der Waals surface area (Å²) in [4.78, 5) is 13.0. The first-order valence-corrected chi connectivity index (χ1v) is 12.4. The van der Waals surface area contributed by atoms with Crippen LogP contribution in [0.5, 0.6) is 0 Å². The number of nitrogens with zero attached hydrogens (tertiary/aromatic N) is 1. The number of aryl methyl sites for hydroxylation is 2. The molecule has 3 aromatic carbocycles. The molecule has 1 heterocycles. The van der Waals surface area contributed by atoms with Crippen LogP contribution >= 0.6 is 0 Å². The van der Waals surface area contributed by atoms with E-state index < -0.39 is 10.0 Å². The summed E-state index contributed by atoms with van der Waals surface area (Å²) in [6.45, 7) is 4.31. The molecule has 5 nitrogen and oxygen atoms in total. The van der Waals surface area contributed by atoms with Crippen LogP contribution in [0.4, 0.5) is 5.69 Å². The van der Waals surface area contributed by atoms with Crippen LogP contribution in [0.1, 0.15) is 40.4 Å². The van der Waals surface area contributed by atoms with Gasteiger partial charge in [-0.25, -0.2) is 8.42 Å². The van der Waals surface area contributed by atoms with Crippen molar-refractivity contribution in [3.8, 4) is 0 Å². The molecule has 1 N–H and O–H groups in total. The fourth-order valence-electron chi connectivity index (χ4n) is 4.01. The molecular formula is C26H28N2O3S. The van der Waals surface area contributed by atoms with E-state index >= 15 is 0 Å². The third-order valence-corrected chi connectivity index (χ3v) is 7.72. The number of nitrogens with one attached hydrogen (secondary N) is 1. The molecule has 1 atom stereocenters. The van der Waals surface area contributed by atoms with Gasteiger partial charge in [0.1, 0.15) is 0 Å². The average Bonchev–Trinajstić information content (AvgIpc) is 3.23. The molecule has 1 amide bonds. The normalized spacial score (nSPS) is 14.1. The summed E-state index contributed by atoms with van der Waals surface area (Å²) in [6.07, 6.45) is 2.34. The number of benzene rings is 3. The van der Waals surface area contributed by atoms with Crippen molar-refractivity contribution < 1.29 is 13.2 Å². The van der Waals surface area contributed by atoms with Crippen LogP contribution in [0.2, 0.25) is 0 Å². The minimum absolute atomic E-state index is 0.0365. The lowest BCUT2D eigenvalue weighted by molar-refractivity contribution is 0.0938. The highest BCUT2D eigenvalue weighted by atomic mass is 32.2. The molecule has 0 spiro atoms. The van der Waals surface area contributed by atoms with Crippen molar-refractivity contribution in [2.75, 3.05) is 10.8 Å². The lowest BCUT2D eigenvalue weighted by Crippen LogP contribution is -2.33. The second kappa shape index (κ2) is 9.17. The van der Waals surface area contributed by atoms with Gasteiger partial charge in [0.05, 0.1) is 10.6 Å². The second-order valence-corrected chi connectivity index (χ2v) is 10.2. The molecule has 0 unspecified atom stereocenters. The smallest absolute Gasteiger partial charge is 0.264 e. The summed E-state index contributed by atoms with van der Waals surface area (Å²) in [5.74, 6) is -0.131. The standard InChI is InChI=1S/C26H28N2O3S/c1-19-8-13-24(14-9-19)32(30,31)28-17-16-22-18-23(12-15-25(22)28)26(29)27-20(2)10-11-21-6-4-3-5-7-21/h3-9,12-15,18,20H,10-11,16-17H2,1-2H3,(H,27,29)/t20-/m1/s1. The van der Waals surface area contributed by atoms with Crippen molar-refractivity contribution in [3.05, 3.63) is 95.1 Å². The van der Waals surface area contributed by atoms with E-state index in [4.69, 9.17) is 0 Å². The van der Waals surface area contributed by atoms with Crippen molar-refractivity contribution >= 4 is 21.6 Å². The molecule has 0 aliphatic carbocycles. The van der Waals surface area contributed by atoms with Crippen molar-refractivity contribution in [2.45, 2.75) is 44.0 Å². The molecule has 0 fully saturated rings. The SMILES string of the molecule is Cc1ccc(S(=O)(=O)N2CCc3cc(C(=O)N[C@H](C)CCc4ccccc4)ccc32)cc1. The summed E-state index contributed by atoms with van der Waals surface area (Å²) in [7, 11) is -3.62. The first-order chi connectivity index (χ1) is 15.3. The van der Waals surface area contributed by atoms with Gasteiger partial charge < -0.3 is 5.32 Å². The Bertz CT molecular complexity index is 1210. The van der Waals surface area contributed by atoms with E-state index in [-0.39, 0.29) is 16.8 Å². The lowest BCUT2D eigenvalue weighted by Gasteiger charge is -2.20. The van der Waals surface area contributed by atoms with Crippen LogP contribution in [-0.2, 0) is 22.9 Å². The highest BCUT2D eigenvalue weighted by Gasteiger charge is 2.31. The van der Waals surface area contributed by atoms with Gasteiger partial charge in [0, 0.05) is 18.2 Å². The summed E-state index contributed by atoms with van der Waals surface area (Å²) >= 11 is 0. The van der Waals surface area contributed by atoms with Gasteiger partial charge in [0.25, 0.3) is 15.9 Å². The molecule has 4 rings (SSSR count). The Morgan fingerprint density at radius 1 is 1.03 bits per heavy atom. The van der Waals surface area contributed by atoms with E-state index in [9.17, 15) is 13.2 Å². The predicted octanol–water partition coefficient (Wildman–Crippen LogP) is 4.50. The number of rotatable bonds is 7. The van der Waals surface area contributed by atoms with Gasteiger partial charge in [0.15, 0.2) is 0 Å². The zero-order chi connectivity index (χ0) is 22.7. The molecule has 0 aromatic heterocycles. The number of anilines is 1. The number of carbonyl (C=O) groups is 1. The molecule has 32 heavy (non-hydrogen) atoms. The first-order valence-electron chi connectivity index (χ1n) is 10.9.